The molecule has 1 heterocycles. The molecule has 1 aromatic carbocycles. The van der Waals surface area contributed by atoms with E-state index in [1.165, 1.54) is 5.56 Å². The van der Waals surface area contributed by atoms with Crippen LogP contribution in [0.3, 0.4) is 0 Å². The highest BCUT2D eigenvalue weighted by molar-refractivity contribution is 5.82. The second-order valence-electron chi connectivity index (χ2n) is 5.46. The van der Waals surface area contributed by atoms with Crippen LogP contribution in [0.5, 0.6) is 0 Å². The second-order valence-corrected chi connectivity index (χ2v) is 5.46. The molecule has 0 N–H and O–H groups in total. The zero-order chi connectivity index (χ0) is 11.8. The van der Waals surface area contributed by atoms with Gasteiger partial charge in [0.1, 0.15) is 0 Å². The van der Waals surface area contributed by atoms with Crippen molar-refractivity contribution in [2.75, 3.05) is 6.54 Å². The summed E-state index contributed by atoms with van der Waals surface area (Å²) in [5.74, 6) is 0.257. The lowest BCUT2D eigenvalue weighted by Crippen LogP contribution is -2.49. The van der Waals surface area contributed by atoms with Crippen molar-refractivity contribution in [3.63, 3.8) is 0 Å². The average molecular weight is 217 g/mol. The summed E-state index contributed by atoms with van der Waals surface area (Å²) in [7, 11) is 0. The van der Waals surface area contributed by atoms with Gasteiger partial charge < -0.3 is 4.90 Å². The molecule has 0 saturated carbocycles. The molecule has 1 unspecified atom stereocenters. The van der Waals surface area contributed by atoms with E-state index >= 15 is 0 Å². The standard InChI is InChI=1S/C14H19NO/c1-14(2,3)13(16)15-10-9-12(15)11-7-5-4-6-8-11/h4-8,12H,9-10H2,1-3H3. The summed E-state index contributed by atoms with van der Waals surface area (Å²) in [4.78, 5) is 14.2. The van der Waals surface area contributed by atoms with Crippen molar-refractivity contribution >= 4 is 5.91 Å². The number of likely N-dealkylation sites (tertiary alicyclic amines) is 1. The van der Waals surface area contributed by atoms with Crippen LogP contribution in [0.25, 0.3) is 0 Å². The summed E-state index contributed by atoms with van der Waals surface area (Å²) < 4.78 is 0. The van der Waals surface area contributed by atoms with Gasteiger partial charge in [0.2, 0.25) is 5.91 Å². The Morgan fingerprint density at radius 2 is 1.88 bits per heavy atom. The molecule has 1 atom stereocenters. The highest BCUT2D eigenvalue weighted by Gasteiger charge is 2.38. The molecule has 1 amide bonds. The Morgan fingerprint density at radius 3 is 2.31 bits per heavy atom. The Balaban J connectivity index is 2.13. The number of hydrogen-bond acceptors (Lipinski definition) is 1. The average Bonchev–Trinajstić information content (AvgIpc) is 2.16. The Morgan fingerprint density at radius 1 is 1.25 bits per heavy atom. The second kappa shape index (κ2) is 3.93. The quantitative estimate of drug-likeness (QED) is 0.708. The van der Waals surface area contributed by atoms with Gasteiger partial charge in [-0.3, -0.25) is 4.79 Å². The largest absolute Gasteiger partial charge is 0.335 e. The van der Waals surface area contributed by atoms with Gasteiger partial charge in [0.25, 0.3) is 0 Å². The number of benzene rings is 1. The van der Waals surface area contributed by atoms with E-state index in [1.54, 1.807) is 0 Å². The molecule has 0 radical (unpaired) electrons. The van der Waals surface area contributed by atoms with Crippen LogP contribution < -0.4 is 0 Å². The Bertz CT molecular complexity index is 377. The molecule has 1 saturated heterocycles. The predicted molar refractivity (Wildman–Crippen MR) is 65.0 cm³/mol. The number of amides is 1. The van der Waals surface area contributed by atoms with Gasteiger partial charge in [0, 0.05) is 12.0 Å². The lowest BCUT2D eigenvalue weighted by Gasteiger charge is -2.44. The van der Waals surface area contributed by atoms with E-state index in [2.05, 4.69) is 12.1 Å². The van der Waals surface area contributed by atoms with Gasteiger partial charge in [0.05, 0.1) is 6.04 Å². The van der Waals surface area contributed by atoms with Crippen molar-refractivity contribution < 1.29 is 4.79 Å². The van der Waals surface area contributed by atoms with Crippen molar-refractivity contribution in [1.82, 2.24) is 4.90 Å². The molecule has 16 heavy (non-hydrogen) atoms. The van der Waals surface area contributed by atoms with Crippen molar-refractivity contribution in [3.8, 4) is 0 Å². The molecule has 1 aliphatic rings. The number of carbonyl (C=O) groups is 1. The van der Waals surface area contributed by atoms with E-state index in [1.807, 2.05) is 43.9 Å². The van der Waals surface area contributed by atoms with Crippen molar-refractivity contribution in [2.45, 2.75) is 33.2 Å². The summed E-state index contributed by atoms with van der Waals surface area (Å²) in [5, 5.41) is 0. The summed E-state index contributed by atoms with van der Waals surface area (Å²) in [6.45, 7) is 6.84. The zero-order valence-electron chi connectivity index (χ0n) is 10.2. The minimum atomic E-state index is -0.270. The Hall–Kier alpha value is -1.31. The highest BCUT2D eigenvalue weighted by atomic mass is 16.2. The van der Waals surface area contributed by atoms with Crippen LogP contribution >= 0.6 is 0 Å². The van der Waals surface area contributed by atoms with E-state index in [9.17, 15) is 4.79 Å². The summed E-state index contributed by atoms with van der Waals surface area (Å²) in [5.41, 5.74) is 0.985. The van der Waals surface area contributed by atoms with E-state index in [0.717, 1.165) is 13.0 Å². The summed E-state index contributed by atoms with van der Waals surface area (Å²) in [6.07, 6.45) is 1.09. The summed E-state index contributed by atoms with van der Waals surface area (Å²) >= 11 is 0. The van der Waals surface area contributed by atoms with Crippen LogP contribution in [-0.2, 0) is 4.79 Å². The van der Waals surface area contributed by atoms with Crippen molar-refractivity contribution in [3.05, 3.63) is 35.9 Å². The van der Waals surface area contributed by atoms with Crippen molar-refractivity contribution in [1.29, 1.82) is 0 Å². The number of nitrogens with zero attached hydrogens (tertiary/aromatic N) is 1. The van der Waals surface area contributed by atoms with Crippen LogP contribution in [0, 0.1) is 5.41 Å². The first-order valence-electron chi connectivity index (χ1n) is 5.86. The molecule has 0 aromatic heterocycles. The first-order valence-corrected chi connectivity index (χ1v) is 5.86. The van der Waals surface area contributed by atoms with Crippen LogP contribution in [0.1, 0.15) is 38.8 Å². The molecule has 2 rings (SSSR count). The minimum absolute atomic E-state index is 0.257. The highest BCUT2D eigenvalue weighted by Crippen LogP contribution is 2.36. The van der Waals surface area contributed by atoms with E-state index in [0.29, 0.717) is 6.04 Å². The molecule has 1 aliphatic heterocycles. The van der Waals surface area contributed by atoms with Gasteiger partial charge in [-0.1, -0.05) is 51.1 Å². The molecule has 0 aliphatic carbocycles. The van der Waals surface area contributed by atoms with Crippen LogP contribution in [0.2, 0.25) is 0 Å². The number of hydrogen-bond donors (Lipinski definition) is 0. The maximum Gasteiger partial charge on any atom is 0.228 e. The molecule has 86 valence electrons. The molecule has 2 heteroatoms. The van der Waals surface area contributed by atoms with Gasteiger partial charge in [-0.15, -0.1) is 0 Å². The third-order valence-corrected chi connectivity index (χ3v) is 3.11. The third-order valence-electron chi connectivity index (χ3n) is 3.11. The van der Waals surface area contributed by atoms with Gasteiger partial charge in [-0.05, 0) is 12.0 Å². The molecular formula is C14H19NO. The lowest BCUT2D eigenvalue weighted by molar-refractivity contribution is -0.147. The van der Waals surface area contributed by atoms with Crippen LogP contribution in [0.4, 0.5) is 0 Å². The molecule has 1 aromatic rings. The van der Waals surface area contributed by atoms with Crippen LogP contribution in [-0.4, -0.2) is 17.4 Å². The smallest absolute Gasteiger partial charge is 0.228 e. The fourth-order valence-electron chi connectivity index (χ4n) is 2.08. The molecular weight excluding hydrogens is 198 g/mol. The van der Waals surface area contributed by atoms with E-state index in [-0.39, 0.29) is 11.3 Å². The van der Waals surface area contributed by atoms with Gasteiger partial charge in [-0.25, -0.2) is 0 Å². The van der Waals surface area contributed by atoms with Crippen molar-refractivity contribution in [2.24, 2.45) is 5.41 Å². The fraction of sp³-hybridized carbons (Fsp3) is 0.500. The fourth-order valence-corrected chi connectivity index (χ4v) is 2.08. The molecule has 2 nitrogen and oxygen atoms in total. The van der Waals surface area contributed by atoms with E-state index in [4.69, 9.17) is 0 Å². The normalized spacial score (nSPS) is 20.4. The van der Waals surface area contributed by atoms with E-state index < -0.39 is 0 Å². The molecule has 1 fully saturated rings. The Kier molecular flexibility index (Phi) is 2.75. The van der Waals surface area contributed by atoms with Crippen LogP contribution in [0.15, 0.2) is 30.3 Å². The topological polar surface area (TPSA) is 20.3 Å². The lowest BCUT2D eigenvalue weighted by atomic mass is 9.88. The van der Waals surface area contributed by atoms with Gasteiger partial charge in [0.15, 0.2) is 0 Å². The first kappa shape index (κ1) is 11.2. The first-order chi connectivity index (χ1) is 7.50. The molecule has 0 spiro atoms. The van der Waals surface area contributed by atoms with Gasteiger partial charge >= 0.3 is 0 Å². The number of rotatable bonds is 1. The maximum absolute atomic E-state index is 12.2. The monoisotopic (exact) mass is 217 g/mol. The minimum Gasteiger partial charge on any atom is -0.335 e. The predicted octanol–water partition coefficient (Wildman–Crippen LogP) is 3.01. The molecule has 0 bridgehead atoms. The Labute approximate surface area is 97.3 Å². The summed E-state index contributed by atoms with van der Waals surface area (Å²) in [6, 6.07) is 10.6. The number of carbonyl (C=O) groups excluding carboxylic acids is 1. The SMILES string of the molecule is CC(C)(C)C(=O)N1CCC1c1ccccc1. The van der Waals surface area contributed by atoms with Gasteiger partial charge in [-0.2, -0.15) is 0 Å². The maximum atomic E-state index is 12.2. The zero-order valence-corrected chi connectivity index (χ0v) is 10.2. The third kappa shape index (κ3) is 1.97.